The molecule has 1 heterocycles. The van der Waals surface area contributed by atoms with Gasteiger partial charge in [0.1, 0.15) is 0 Å². The van der Waals surface area contributed by atoms with Crippen LogP contribution in [0.4, 0.5) is 5.69 Å². The summed E-state index contributed by atoms with van der Waals surface area (Å²) in [6.07, 6.45) is -1.12. The first-order valence-corrected chi connectivity index (χ1v) is 9.14. The molecule has 1 unspecified atom stereocenters. The van der Waals surface area contributed by atoms with Gasteiger partial charge in [-0.25, -0.2) is 4.79 Å². The van der Waals surface area contributed by atoms with Crippen LogP contribution in [0.2, 0.25) is 0 Å². The fourth-order valence-corrected chi connectivity index (χ4v) is 2.86. The lowest BCUT2D eigenvalue weighted by atomic mass is 10.2. The first-order valence-electron chi connectivity index (χ1n) is 9.14. The van der Waals surface area contributed by atoms with Gasteiger partial charge in [-0.05, 0) is 38.1 Å². The number of anilines is 1. The fourth-order valence-electron chi connectivity index (χ4n) is 2.86. The summed E-state index contributed by atoms with van der Waals surface area (Å²) in [4.78, 5) is 50.6. The Kier molecular flexibility index (Phi) is 5.92. The Morgan fingerprint density at radius 3 is 2.52 bits per heavy atom. The largest absolute Gasteiger partial charge is 0.452 e. The summed E-state index contributed by atoms with van der Waals surface area (Å²) in [6, 6.07) is 13.9. The van der Waals surface area contributed by atoms with Gasteiger partial charge in [0.25, 0.3) is 11.5 Å². The molecular weight excluding hydrogens is 374 g/mol. The average Bonchev–Trinajstić information content (AvgIpc) is 2.69. The van der Waals surface area contributed by atoms with Gasteiger partial charge in [-0.3, -0.25) is 23.9 Å². The maximum absolute atomic E-state index is 12.2. The van der Waals surface area contributed by atoms with E-state index in [9.17, 15) is 19.2 Å². The van der Waals surface area contributed by atoms with Crippen LogP contribution in [0.3, 0.4) is 0 Å². The fraction of sp³-hybridized carbons (Fsp3) is 0.238. The molecule has 2 N–H and O–H groups in total. The van der Waals surface area contributed by atoms with Crippen LogP contribution >= 0.6 is 0 Å². The number of benzene rings is 2. The molecule has 8 nitrogen and oxygen atoms in total. The highest BCUT2D eigenvalue weighted by Gasteiger charge is 2.18. The Balaban J connectivity index is 1.62. The molecule has 2 aromatic carbocycles. The van der Waals surface area contributed by atoms with Crippen LogP contribution in [-0.4, -0.2) is 27.5 Å². The lowest BCUT2D eigenvalue weighted by molar-refractivity contribution is -0.153. The van der Waals surface area contributed by atoms with Gasteiger partial charge in [-0.2, -0.15) is 0 Å². The zero-order valence-electron chi connectivity index (χ0n) is 16.1. The number of aromatic amines is 1. The molecule has 0 fully saturated rings. The number of aryl methyl sites for hydroxylation is 2. The normalized spacial score (nSPS) is 11.8. The van der Waals surface area contributed by atoms with Gasteiger partial charge < -0.3 is 10.1 Å². The molecule has 0 spiro atoms. The third kappa shape index (κ3) is 4.78. The zero-order chi connectivity index (χ0) is 21.0. The number of H-pyrrole nitrogens is 1. The number of esters is 1. The maximum atomic E-state index is 12.2. The van der Waals surface area contributed by atoms with E-state index < -0.39 is 29.2 Å². The second-order valence-electron chi connectivity index (χ2n) is 6.67. The van der Waals surface area contributed by atoms with Crippen molar-refractivity contribution < 1.29 is 14.3 Å². The summed E-state index contributed by atoms with van der Waals surface area (Å²) in [5, 5.41) is 3.03. The molecule has 150 valence electrons. The SMILES string of the molecule is Cc1ccc(NC(=O)C(C)OC(=O)CCn2c(=O)[nH]c(=O)c3ccccc32)cc1. The van der Waals surface area contributed by atoms with E-state index in [4.69, 9.17) is 4.74 Å². The van der Waals surface area contributed by atoms with Crippen molar-refractivity contribution in [1.29, 1.82) is 0 Å². The molecule has 8 heteroatoms. The van der Waals surface area contributed by atoms with Gasteiger partial charge >= 0.3 is 11.7 Å². The molecule has 0 radical (unpaired) electrons. The second kappa shape index (κ2) is 8.55. The van der Waals surface area contributed by atoms with E-state index in [0.29, 0.717) is 16.6 Å². The van der Waals surface area contributed by atoms with E-state index in [2.05, 4.69) is 10.3 Å². The summed E-state index contributed by atoms with van der Waals surface area (Å²) in [5.74, 6) is -1.08. The van der Waals surface area contributed by atoms with Crippen molar-refractivity contribution in [1.82, 2.24) is 9.55 Å². The number of ether oxygens (including phenoxy) is 1. The van der Waals surface area contributed by atoms with E-state index in [-0.39, 0.29) is 13.0 Å². The van der Waals surface area contributed by atoms with Gasteiger partial charge in [-0.15, -0.1) is 0 Å². The van der Waals surface area contributed by atoms with Crippen LogP contribution in [0.15, 0.2) is 58.1 Å². The first kappa shape index (κ1) is 20.1. The number of carbonyl (C=O) groups is 2. The molecule has 0 aliphatic carbocycles. The Labute approximate surface area is 166 Å². The summed E-state index contributed by atoms with van der Waals surface area (Å²) < 4.78 is 6.47. The van der Waals surface area contributed by atoms with E-state index in [0.717, 1.165) is 5.56 Å². The van der Waals surface area contributed by atoms with Gasteiger partial charge in [0.05, 0.1) is 17.3 Å². The number of fused-ring (bicyclic) bond motifs is 1. The molecule has 0 aliphatic rings. The third-order valence-corrected chi connectivity index (χ3v) is 4.44. The smallest absolute Gasteiger partial charge is 0.328 e. The van der Waals surface area contributed by atoms with Crippen LogP contribution in [0.1, 0.15) is 18.9 Å². The van der Waals surface area contributed by atoms with E-state index in [1.807, 2.05) is 19.1 Å². The molecule has 0 bridgehead atoms. The van der Waals surface area contributed by atoms with Crippen molar-refractivity contribution in [3.63, 3.8) is 0 Å². The molecule has 3 aromatic rings. The first-order chi connectivity index (χ1) is 13.8. The van der Waals surface area contributed by atoms with Crippen molar-refractivity contribution in [3.8, 4) is 0 Å². The van der Waals surface area contributed by atoms with Gasteiger partial charge in [0.15, 0.2) is 6.10 Å². The molecule has 3 rings (SSSR count). The summed E-state index contributed by atoms with van der Waals surface area (Å²) in [6.45, 7) is 3.43. The quantitative estimate of drug-likeness (QED) is 0.620. The number of nitrogens with one attached hydrogen (secondary N) is 2. The number of amides is 1. The second-order valence-corrected chi connectivity index (χ2v) is 6.67. The predicted octanol–water partition coefficient (Wildman–Crippen LogP) is 1.96. The highest BCUT2D eigenvalue weighted by Crippen LogP contribution is 2.11. The highest BCUT2D eigenvalue weighted by molar-refractivity contribution is 5.95. The number of hydrogen-bond acceptors (Lipinski definition) is 5. The minimum Gasteiger partial charge on any atom is -0.452 e. The molecule has 0 aliphatic heterocycles. The number of para-hydroxylation sites is 1. The molecule has 29 heavy (non-hydrogen) atoms. The van der Waals surface area contributed by atoms with Crippen LogP contribution < -0.4 is 16.6 Å². The molecule has 1 amide bonds. The van der Waals surface area contributed by atoms with Crippen LogP contribution in [-0.2, 0) is 20.9 Å². The van der Waals surface area contributed by atoms with Crippen molar-refractivity contribution in [2.75, 3.05) is 5.32 Å². The van der Waals surface area contributed by atoms with Crippen molar-refractivity contribution in [2.45, 2.75) is 32.9 Å². The number of rotatable bonds is 6. The summed E-state index contributed by atoms with van der Waals surface area (Å²) in [5.41, 5.74) is 1.01. The number of hydrogen-bond donors (Lipinski definition) is 2. The number of nitrogens with zero attached hydrogens (tertiary/aromatic N) is 1. The monoisotopic (exact) mass is 395 g/mol. The molecular formula is C21H21N3O5. The Morgan fingerprint density at radius 2 is 1.79 bits per heavy atom. The van der Waals surface area contributed by atoms with Gasteiger partial charge in [0.2, 0.25) is 0 Å². The molecule has 0 saturated heterocycles. The molecule has 1 aromatic heterocycles. The topological polar surface area (TPSA) is 110 Å². The minimum atomic E-state index is -0.993. The van der Waals surface area contributed by atoms with Crippen molar-refractivity contribution >= 4 is 28.5 Å². The maximum Gasteiger partial charge on any atom is 0.328 e. The lowest BCUT2D eigenvalue weighted by Crippen LogP contribution is -2.32. The number of carbonyl (C=O) groups excluding carboxylic acids is 2. The Hall–Kier alpha value is -3.68. The van der Waals surface area contributed by atoms with Gasteiger partial charge in [-0.1, -0.05) is 29.8 Å². The molecule has 0 saturated carbocycles. The third-order valence-electron chi connectivity index (χ3n) is 4.44. The predicted molar refractivity (Wildman–Crippen MR) is 109 cm³/mol. The van der Waals surface area contributed by atoms with Crippen LogP contribution in [0, 0.1) is 6.92 Å². The summed E-state index contributed by atoms with van der Waals surface area (Å²) >= 11 is 0. The highest BCUT2D eigenvalue weighted by atomic mass is 16.5. The zero-order valence-corrected chi connectivity index (χ0v) is 16.1. The minimum absolute atomic E-state index is 0.0151. The Bertz CT molecular complexity index is 1160. The van der Waals surface area contributed by atoms with E-state index in [1.165, 1.54) is 11.5 Å². The standard InChI is InChI=1S/C21H21N3O5/c1-13-7-9-15(10-8-13)22-19(26)14(2)29-18(25)11-12-24-17-6-4-3-5-16(17)20(27)23-21(24)28/h3-10,14H,11-12H2,1-2H3,(H,22,26)(H,23,27,28). The molecule has 1 atom stereocenters. The summed E-state index contributed by atoms with van der Waals surface area (Å²) in [7, 11) is 0. The van der Waals surface area contributed by atoms with E-state index in [1.54, 1.807) is 36.4 Å². The number of aromatic nitrogens is 2. The van der Waals surface area contributed by atoms with Crippen molar-refractivity contribution in [2.24, 2.45) is 0 Å². The van der Waals surface area contributed by atoms with Crippen LogP contribution in [0.5, 0.6) is 0 Å². The van der Waals surface area contributed by atoms with Gasteiger partial charge in [0, 0.05) is 12.2 Å². The van der Waals surface area contributed by atoms with Crippen molar-refractivity contribution in [3.05, 3.63) is 74.9 Å². The van der Waals surface area contributed by atoms with E-state index >= 15 is 0 Å². The Morgan fingerprint density at radius 1 is 1.10 bits per heavy atom. The lowest BCUT2D eigenvalue weighted by Gasteiger charge is -2.14. The average molecular weight is 395 g/mol. The van der Waals surface area contributed by atoms with Crippen LogP contribution in [0.25, 0.3) is 10.9 Å².